The third-order valence-electron chi connectivity index (χ3n) is 3.24. The van der Waals surface area contributed by atoms with Gasteiger partial charge >= 0.3 is 12.1 Å². The summed E-state index contributed by atoms with van der Waals surface area (Å²) in [6.07, 6.45) is -3.48. The van der Waals surface area contributed by atoms with Gasteiger partial charge in [-0.1, -0.05) is 11.6 Å². The van der Waals surface area contributed by atoms with Crippen molar-refractivity contribution in [3.8, 4) is 0 Å². The molecule has 11 heteroatoms. The fraction of sp³-hybridized carbons (Fsp3) is 0.125. The van der Waals surface area contributed by atoms with Crippen molar-refractivity contribution in [3.63, 3.8) is 0 Å². The molecule has 0 amide bonds. The monoisotopic (exact) mass is 410 g/mol. The first kappa shape index (κ1) is 20.6. The third-order valence-corrected chi connectivity index (χ3v) is 3.52. The Morgan fingerprint density at radius 2 is 1.89 bits per heavy atom. The van der Waals surface area contributed by atoms with Crippen molar-refractivity contribution in [2.75, 3.05) is 12.4 Å². The number of aromatic nitrogens is 1. The second-order valence-electron chi connectivity index (χ2n) is 4.97. The van der Waals surface area contributed by atoms with E-state index in [1.54, 1.807) is 0 Å². The Morgan fingerprint density at radius 1 is 1.22 bits per heavy atom. The third kappa shape index (κ3) is 4.51. The molecule has 4 nitrogen and oxygen atoms in total. The molecule has 0 bridgehead atoms. The number of ether oxygens (including phenoxy) is 1. The zero-order valence-corrected chi connectivity index (χ0v) is 14.1. The van der Waals surface area contributed by atoms with Gasteiger partial charge in [-0.2, -0.15) is 13.2 Å². The van der Waals surface area contributed by atoms with E-state index in [9.17, 15) is 31.1 Å². The number of esters is 1. The number of carbonyl (C=O) groups is 1. The fourth-order valence-corrected chi connectivity index (χ4v) is 2.18. The first-order valence-corrected chi connectivity index (χ1v) is 7.35. The molecule has 0 atom stereocenters. The first-order valence-electron chi connectivity index (χ1n) is 6.98. The van der Waals surface area contributed by atoms with Crippen LogP contribution in [0.2, 0.25) is 5.02 Å². The molecule has 0 fully saturated rings. The van der Waals surface area contributed by atoms with E-state index in [1.165, 1.54) is 0 Å². The van der Waals surface area contributed by atoms with Crippen LogP contribution in [0.1, 0.15) is 11.3 Å². The highest BCUT2D eigenvalue weighted by Crippen LogP contribution is 2.33. The molecule has 0 aliphatic heterocycles. The summed E-state index contributed by atoms with van der Waals surface area (Å²) in [5, 5.41) is 1.67. The predicted octanol–water partition coefficient (Wildman–Crippen LogP) is 4.80. The van der Waals surface area contributed by atoms with Crippen molar-refractivity contribution in [2.24, 2.45) is 0 Å². The normalized spacial score (nSPS) is 12.1. The van der Waals surface area contributed by atoms with E-state index < -0.39 is 57.1 Å². The van der Waals surface area contributed by atoms with Crippen molar-refractivity contribution < 1.29 is 35.9 Å². The molecule has 1 N–H and O–H groups in total. The van der Waals surface area contributed by atoms with E-state index in [1.807, 2.05) is 0 Å². The molecule has 2 aromatic rings. The molecule has 0 saturated carbocycles. The summed E-state index contributed by atoms with van der Waals surface area (Å²) in [7, 11) is 0.978. The van der Waals surface area contributed by atoms with Gasteiger partial charge in [-0.15, -0.1) is 0 Å². The molecule has 1 aromatic carbocycles. The Bertz CT molecular complexity index is 915. The van der Waals surface area contributed by atoms with Crippen LogP contribution in [0.3, 0.4) is 0 Å². The van der Waals surface area contributed by atoms with Crippen molar-refractivity contribution in [1.82, 2.24) is 4.98 Å². The smallest absolute Gasteiger partial charge is 0.417 e. The second kappa shape index (κ2) is 7.87. The molecule has 0 unspecified atom stereocenters. The van der Waals surface area contributed by atoms with Gasteiger partial charge in [0.05, 0.1) is 29.1 Å². The molecule has 0 aliphatic rings. The van der Waals surface area contributed by atoms with Gasteiger partial charge in [-0.25, -0.2) is 18.0 Å². The van der Waals surface area contributed by atoms with Crippen LogP contribution in [0.15, 0.2) is 30.6 Å². The Balaban J connectivity index is 2.46. The zero-order valence-electron chi connectivity index (χ0n) is 13.3. The van der Waals surface area contributed by atoms with Crippen molar-refractivity contribution in [1.29, 1.82) is 0 Å². The number of hydrogen-bond donors (Lipinski definition) is 1. The molecule has 0 saturated heterocycles. The number of halogens is 7. The van der Waals surface area contributed by atoms with E-state index >= 15 is 0 Å². The van der Waals surface area contributed by atoms with Crippen molar-refractivity contribution in [2.45, 2.75) is 6.18 Å². The number of pyridine rings is 1. The number of alkyl halides is 3. The fourth-order valence-electron chi connectivity index (χ4n) is 1.91. The number of anilines is 1. The van der Waals surface area contributed by atoms with Crippen molar-refractivity contribution >= 4 is 28.8 Å². The maximum Gasteiger partial charge on any atom is 0.417 e. The number of rotatable bonds is 4. The topological polar surface area (TPSA) is 51.2 Å². The van der Waals surface area contributed by atoms with Gasteiger partial charge in [0.15, 0.2) is 17.5 Å². The molecule has 27 heavy (non-hydrogen) atoms. The Hall–Kier alpha value is -2.75. The zero-order chi connectivity index (χ0) is 20.4. The van der Waals surface area contributed by atoms with E-state index in [0.29, 0.717) is 18.3 Å². The molecular weight excluding hydrogens is 402 g/mol. The Labute approximate surface area is 153 Å². The average Bonchev–Trinajstić information content (AvgIpc) is 2.61. The van der Waals surface area contributed by atoms with Gasteiger partial charge in [-0.05, 0) is 18.2 Å². The quantitative estimate of drug-likeness (QED) is 0.340. The summed E-state index contributed by atoms with van der Waals surface area (Å²) in [6, 6.07) is 2.02. The summed E-state index contributed by atoms with van der Waals surface area (Å²) in [4.78, 5) is 15.4. The van der Waals surface area contributed by atoms with E-state index in [4.69, 9.17) is 11.6 Å². The van der Waals surface area contributed by atoms with Gasteiger partial charge < -0.3 is 10.1 Å². The Morgan fingerprint density at radius 3 is 2.44 bits per heavy atom. The molecule has 1 aromatic heterocycles. The highest BCUT2D eigenvalue weighted by molar-refractivity contribution is 6.34. The van der Waals surface area contributed by atoms with Crippen molar-refractivity contribution in [3.05, 3.63) is 64.3 Å². The minimum Gasteiger partial charge on any atom is -0.465 e. The van der Waals surface area contributed by atoms with E-state index in [0.717, 1.165) is 19.4 Å². The number of benzene rings is 1. The van der Waals surface area contributed by atoms with Gasteiger partial charge in [0, 0.05) is 12.4 Å². The molecular formula is C16H9ClF6N2O2. The van der Waals surface area contributed by atoms with Crippen LogP contribution in [0, 0.1) is 17.5 Å². The lowest BCUT2D eigenvalue weighted by atomic mass is 10.1. The first-order chi connectivity index (χ1) is 12.6. The number of hydrogen-bond acceptors (Lipinski definition) is 4. The second-order valence-corrected chi connectivity index (χ2v) is 5.38. The average molecular weight is 411 g/mol. The lowest BCUT2D eigenvalue weighted by Crippen LogP contribution is -2.11. The van der Waals surface area contributed by atoms with Gasteiger partial charge in [0.1, 0.15) is 5.57 Å². The lowest BCUT2D eigenvalue weighted by Gasteiger charge is -2.11. The molecule has 0 aliphatic carbocycles. The van der Waals surface area contributed by atoms with Crippen LogP contribution in [0.25, 0.3) is 5.57 Å². The largest absolute Gasteiger partial charge is 0.465 e. The number of nitrogens with one attached hydrogen (secondary N) is 1. The lowest BCUT2D eigenvalue weighted by molar-refractivity contribution is -0.137. The van der Waals surface area contributed by atoms with E-state index in [-0.39, 0.29) is 0 Å². The number of nitrogens with zero attached hydrogens (tertiary/aromatic N) is 1. The standard InChI is InChI=1S/C16H9ClF6N2O2/c1-27-15(26)8(6-24-11-3-2-10(18)12(19)13(11)20)14-9(17)4-7(5-25-14)16(21,22)23/h2-6,24H,1H3/b8-6-. The van der Waals surface area contributed by atoms with E-state index in [2.05, 4.69) is 15.0 Å². The van der Waals surface area contributed by atoms with Crippen LogP contribution in [0.4, 0.5) is 32.0 Å². The molecule has 1 heterocycles. The summed E-state index contributed by atoms with van der Waals surface area (Å²) in [5.41, 5.74) is -2.56. The Kier molecular flexibility index (Phi) is 5.99. The van der Waals surface area contributed by atoms with Gasteiger partial charge in [0.25, 0.3) is 0 Å². The summed E-state index contributed by atoms with van der Waals surface area (Å²) < 4.78 is 82.4. The minimum absolute atomic E-state index is 0.396. The van der Waals surface area contributed by atoms with Crippen LogP contribution in [-0.2, 0) is 15.7 Å². The van der Waals surface area contributed by atoms with Gasteiger partial charge in [0.2, 0.25) is 0 Å². The molecule has 144 valence electrons. The molecule has 2 rings (SSSR count). The van der Waals surface area contributed by atoms with Crippen LogP contribution < -0.4 is 5.32 Å². The summed E-state index contributed by atoms with van der Waals surface area (Å²) in [5.74, 6) is -5.82. The SMILES string of the molecule is COC(=O)/C(=C\Nc1ccc(F)c(F)c1F)c1ncc(C(F)(F)F)cc1Cl. The highest BCUT2D eigenvalue weighted by Gasteiger charge is 2.32. The predicted molar refractivity (Wildman–Crippen MR) is 84.2 cm³/mol. The maximum atomic E-state index is 13.7. The highest BCUT2D eigenvalue weighted by atomic mass is 35.5. The maximum absolute atomic E-state index is 13.7. The molecule has 0 radical (unpaired) electrons. The summed E-state index contributed by atoms with van der Waals surface area (Å²) in [6.45, 7) is 0. The van der Waals surface area contributed by atoms with Crippen LogP contribution in [-0.4, -0.2) is 18.1 Å². The number of methoxy groups -OCH3 is 1. The van der Waals surface area contributed by atoms with Crippen LogP contribution in [0.5, 0.6) is 0 Å². The van der Waals surface area contributed by atoms with Gasteiger partial charge in [-0.3, -0.25) is 4.98 Å². The van der Waals surface area contributed by atoms with Crippen LogP contribution >= 0.6 is 11.6 Å². The number of carbonyl (C=O) groups excluding carboxylic acids is 1. The minimum atomic E-state index is -4.71. The summed E-state index contributed by atoms with van der Waals surface area (Å²) >= 11 is 5.77. The molecule has 0 spiro atoms.